The first kappa shape index (κ1) is 10.6. The number of H-pyrrole nitrogens is 2. The topological polar surface area (TPSA) is 56.8 Å². The van der Waals surface area contributed by atoms with E-state index in [9.17, 15) is 4.79 Å². The molecule has 84 valence electrons. The molecule has 1 aliphatic rings. The largest absolute Gasteiger partial charge is 0.342 e. The molecule has 0 radical (unpaired) electrons. The lowest BCUT2D eigenvalue weighted by Gasteiger charge is -2.34. The van der Waals surface area contributed by atoms with Gasteiger partial charge < -0.3 is 4.90 Å². The van der Waals surface area contributed by atoms with Crippen molar-refractivity contribution in [3.05, 3.63) is 15.3 Å². The lowest BCUT2D eigenvalue weighted by atomic mass is 9.99. The summed E-state index contributed by atoms with van der Waals surface area (Å²) in [4.78, 5) is 13.8. The van der Waals surface area contributed by atoms with E-state index in [0.29, 0.717) is 10.8 Å². The van der Waals surface area contributed by atoms with Gasteiger partial charge in [-0.05, 0) is 39.0 Å². The molecule has 1 fully saturated rings. The molecule has 0 aromatic carbocycles. The summed E-state index contributed by atoms with van der Waals surface area (Å²) in [6.07, 6.45) is 1.96. The number of hydrogen-bond donors (Lipinski definition) is 2. The van der Waals surface area contributed by atoms with E-state index in [1.54, 1.807) is 4.57 Å². The molecule has 5 nitrogen and oxygen atoms in total. The van der Waals surface area contributed by atoms with Crippen molar-refractivity contribution in [2.24, 2.45) is 0 Å². The number of aromatic amines is 2. The van der Waals surface area contributed by atoms with Crippen LogP contribution in [0.5, 0.6) is 0 Å². The molecule has 0 bridgehead atoms. The zero-order chi connectivity index (χ0) is 11.0. The third-order valence-electron chi connectivity index (χ3n) is 3.26. The van der Waals surface area contributed by atoms with Crippen molar-refractivity contribution < 1.29 is 0 Å². The third-order valence-corrected chi connectivity index (χ3v) is 3.56. The van der Waals surface area contributed by atoms with E-state index in [-0.39, 0.29) is 11.7 Å². The fourth-order valence-corrected chi connectivity index (χ4v) is 2.43. The summed E-state index contributed by atoms with van der Waals surface area (Å²) in [7, 11) is 2.11. The smallest absolute Gasteiger partial charge is 0.304 e. The van der Waals surface area contributed by atoms with Crippen molar-refractivity contribution in [2.75, 3.05) is 13.6 Å². The highest BCUT2D eigenvalue weighted by Gasteiger charge is 2.25. The molecule has 2 unspecified atom stereocenters. The van der Waals surface area contributed by atoms with Gasteiger partial charge in [-0.1, -0.05) is 0 Å². The maximum atomic E-state index is 11.5. The van der Waals surface area contributed by atoms with E-state index >= 15 is 0 Å². The number of nitrogens with one attached hydrogen (secondary N) is 2. The average Bonchev–Trinajstić information content (AvgIpc) is 2.52. The maximum absolute atomic E-state index is 11.5. The summed E-state index contributed by atoms with van der Waals surface area (Å²) in [5.41, 5.74) is -0.123. The normalized spacial score (nSPS) is 28.1. The molecule has 6 heteroatoms. The first-order valence-electron chi connectivity index (χ1n) is 5.19. The molecule has 1 saturated heterocycles. The highest BCUT2D eigenvalue weighted by Crippen LogP contribution is 2.24. The Balaban J connectivity index is 2.26. The lowest BCUT2D eigenvalue weighted by molar-refractivity contribution is 0.154. The fourth-order valence-electron chi connectivity index (χ4n) is 2.15. The minimum absolute atomic E-state index is 0.123. The molecule has 2 rings (SSSR count). The Hall–Kier alpha value is -0.880. The van der Waals surface area contributed by atoms with Crippen LogP contribution in [0.25, 0.3) is 0 Å². The number of aromatic nitrogens is 3. The Bertz CT molecular complexity index is 418. The van der Waals surface area contributed by atoms with Crippen LogP contribution >= 0.6 is 12.2 Å². The van der Waals surface area contributed by atoms with Crippen LogP contribution in [-0.2, 0) is 0 Å². The first-order valence-corrected chi connectivity index (χ1v) is 5.60. The van der Waals surface area contributed by atoms with Gasteiger partial charge in [0, 0.05) is 18.6 Å². The van der Waals surface area contributed by atoms with Gasteiger partial charge in [-0.3, -0.25) is 9.67 Å². The number of likely N-dealkylation sites (tertiary alicyclic amines) is 1. The molecular weight excluding hydrogens is 212 g/mol. The molecule has 1 aliphatic heterocycles. The summed E-state index contributed by atoms with van der Waals surface area (Å²) in [6.45, 7) is 3.19. The molecule has 0 saturated carbocycles. The minimum atomic E-state index is -0.123. The molecule has 0 spiro atoms. The predicted molar refractivity (Wildman–Crippen MR) is 60.6 cm³/mol. The Morgan fingerprint density at radius 1 is 1.47 bits per heavy atom. The SMILES string of the molecule is CC1CC(n2c(=O)[nH][nH]c2=S)CCN1C. The standard InChI is InChI=1S/C9H16N4OS/c1-6-5-7(3-4-12(6)2)13-8(14)10-11-9(13)15/h6-7H,3-5H2,1-2H3,(H,10,14)(H,11,15). The molecule has 15 heavy (non-hydrogen) atoms. The Morgan fingerprint density at radius 2 is 2.20 bits per heavy atom. The van der Waals surface area contributed by atoms with Gasteiger partial charge in [0.1, 0.15) is 0 Å². The first-order chi connectivity index (χ1) is 7.09. The van der Waals surface area contributed by atoms with Crippen LogP contribution in [0.15, 0.2) is 4.79 Å². The van der Waals surface area contributed by atoms with Gasteiger partial charge in [0.25, 0.3) is 0 Å². The van der Waals surface area contributed by atoms with Crippen molar-refractivity contribution in [3.8, 4) is 0 Å². The van der Waals surface area contributed by atoms with Crippen LogP contribution in [0.2, 0.25) is 0 Å². The van der Waals surface area contributed by atoms with E-state index in [1.807, 2.05) is 0 Å². The summed E-state index contributed by atoms with van der Waals surface area (Å²) >= 11 is 5.08. The Labute approximate surface area is 93.1 Å². The van der Waals surface area contributed by atoms with Crippen LogP contribution in [-0.4, -0.2) is 39.3 Å². The molecular formula is C9H16N4OS. The molecule has 1 aromatic rings. The molecule has 1 aromatic heterocycles. The maximum Gasteiger partial charge on any atom is 0.342 e. The fraction of sp³-hybridized carbons (Fsp3) is 0.778. The van der Waals surface area contributed by atoms with E-state index in [4.69, 9.17) is 12.2 Å². The van der Waals surface area contributed by atoms with E-state index in [1.165, 1.54) is 0 Å². The summed E-state index contributed by atoms with van der Waals surface area (Å²) in [5, 5.41) is 5.21. The van der Waals surface area contributed by atoms with Crippen molar-refractivity contribution in [3.63, 3.8) is 0 Å². The molecule has 2 heterocycles. The highest BCUT2D eigenvalue weighted by atomic mass is 32.1. The minimum Gasteiger partial charge on any atom is -0.304 e. The summed E-state index contributed by atoms with van der Waals surface area (Å²) in [5.74, 6) is 0. The van der Waals surface area contributed by atoms with Crippen molar-refractivity contribution >= 4 is 12.2 Å². The van der Waals surface area contributed by atoms with Gasteiger partial charge in [-0.15, -0.1) is 0 Å². The van der Waals surface area contributed by atoms with Crippen molar-refractivity contribution in [2.45, 2.75) is 31.8 Å². The van der Waals surface area contributed by atoms with Crippen molar-refractivity contribution in [1.82, 2.24) is 19.7 Å². The second-order valence-corrected chi connectivity index (χ2v) is 4.62. The van der Waals surface area contributed by atoms with Gasteiger partial charge in [0.2, 0.25) is 0 Å². The number of rotatable bonds is 1. The van der Waals surface area contributed by atoms with Crippen LogP contribution < -0.4 is 5.69 Å². The Kier molecular flexibility index (Phi) is 2.79. The Morgan fingerprint density at radius 3 is 2.73 bits per heavy atom. The van der Waals surface area contributed by atoms with Crippen LogP contribution in [0.1, 0.15) is 25.8 Å². The molecule has 2 atom stereocenters. The predicted octanol–water partition coefficient (Wildman–Crippen LogP) is 0.889. The second-order valence-electron chi connectivity index (χ2n) is 4.24. The zero-order valence-electron chi connectivity index (χ0n) is 8.99. The summed E-state index contributed by atoms with van der Waals surface area (Å²) in [6, 6.07) is 0.735. The van der Waals surface area contributed by atoms with E-state index in [0.717, 1.165) is 19.4 Å². The van der Waals surface area contributed by atoms with Gasteiger partial charge in [-0.25, -0.2) is 9.89 Å². The van der Waals surface area contributed by atoms with Gasteiger partial charge in [0.15, 0.2) is 4.77 Å². The van der Waals surface area contributed by atoms with Crippen LogP contribution in [0.4, 0.5) is 0 Å². The monoisotopic (exact) mass is 228 g/mol. The second kappa shape index (κ2) is 3.94. The van der Waals surface area contributed by atoms with E-state index in [2.05, 4.69) is 29.1 Å². The zero-order valence-corrected chi connectivity index (χ0v) is 9.80. The number of piperidine rings is 1. The van der Waals surface area contributed by atoms with Crippen LogP contribution in [0.3, 0.4) is 0 Å². The molecule has 0 amide bonds. The average molecular weight is 228 g/mol. The number of hydrogen-bond acceptors (Lipinski definition) is 3. The summed E-state index contributed by atoms with van der Waals surface area (Å²) < 4.78 is 2.17. The number of nitrogens with zero attached hydrogens (tertiary/aromatic N) is 2. The van der Waals surface area contributed by atoms with Crippen molar-refractivity contribution in [1.29, 1.82) is 0 Å². The molecule has 0 aliphatic carbocycles. The third kappa shape index (κ3) is 1.91. The lowest BCUT2D eigenvalue weighted by Crippen LogP contribution is -2.40. The molecule has 2 N–H and O–H groups in total. The van der Waals surface area contributed by atoms with Gasteiger partial charge in [0.05, 0.1) is 0 Å². The van der Waals surface area contributed by atoms with Gasteiger partial charge in [-0.2, -0.15) is 0 Å². The van der Waals surface area contributed by atoms with E-state index < -0.39 is 0 Å². The highest BCUT2D eigenvalue weighted by molar-refractivity contribution is 7.71. The van der Waals surface area contributed by atoms with Crippen LogP contribution in [0, 0.1) is 4.77 Å². The van der Waals surface area contributed by atoms with Gasteiger partial charge >= 0.3 is 5.69 Å². The quantitative estimate of drug-likeness (QED) is 0.702.